The predicted molar refractivity (Wildman–Crippen MR) is 109 cm³/mol. The van der Waals surface area contributed by atoms with E-state index >= 15 is 0 Å². The molecule has 1 aliphatic rings. The largest absolute Gasteiger partial charge is 0.493 e. The van der Waals surface area contributed by atoms with Crippen LogP contribution in [0.5, 0.6) is 17.2 Å². The lowest BCUT2D eigenvalue weighted by Crippen LogP contribution is -2.15. The number of aromatic nitrogens is 3. The number of anilines is 1. The number of thiazole rings is 1. The van der Waals surface area contributed by atoms with Gasteiger partial charge in [0.1, 0.15) is 13.2 Å². The van der Waals surface area contributed by atoms with Crippen molar-refractivity contribution >= 4 is 32.6 Å². The maximum Gasteiger partial charge on any atom is 0.281 e. The summed E-state index contributed by atoms with van der Waals surface area (Å²) in [6, 6.07) is 13.2. The van der Waals surface area contributed by atoms with E-state index in [0.29, 0.717) is 35.6 Å². The van der Waals surface area contributed by atoms with E-state index in [1.54, 1.807) is 10.9 Å². The number of carbonyl (C=O) groups is 1. The van der Waals surface area contributed by atoms with Crippen LogP contribution in [0.2, 0.25) is 0 Å². The fourth-order valence-electron chi connectivity index (χ4n) is 3.05. The number of fused-ring (bicyclic) bond motifs is 2. The molecule has 5 rings (SSSR count). The molecule has 0 radical (unpaired) electrons. The summed E-state index contributed by atoms with van der Waals surface area (Å²) in [6.45, 7) is 1.03. The molecule has 0 atom stereocenters. The highest BCUT2D eigenvalue weighted by atomic mass is 32.1. The summed E-state index contributed by atoms with van der Waals surface area (Å²) in [6.07, 6.45) is 1.67. The third-order valence-electron chi connectivity index (χ3n) is 4.41. The normalized spacial score (nSPS) is 12.7. The second-order valence-electron chi connectivity index (χ2n) is 6.26. The van der Waals surface area contributed by atoms with Gasteiger partial charge in [0.05, 0.1) is 29.2 Å². The topological polar surface area (TPSA) is 87.5 Å². The van der Waals surface area contributed by atoms with Crippen LogP contribution in [-0.4, -0.2) is 41.0 Å². The fraction of sp³-hybridized carbons (Fsp3) is 0.150. The van der Waals surface area contributed by atoms with Crippen LogP contribution in [0.4, 0.5) is 5.13 Å². The van der Waals surface area contributed by atoms with Gasteiger partial charge in [-0.05, 0) is 12.1 Å². The van der Waals surface area contributed by atoms with E-state index in [1.165, 1.54) is 18.4 Å². The van der Waals surface area contributed by atoms with Crippen molar-refractivity contribution in [3.8, 4) is 22.9 Å². The number of methoxy groups -OCH3 is 1. The molecule has 3 heterocycles. The molecule has 8 nitrogen and oxygen atoms in total. The molecule has 29 heavy (non-hydrogen) atoms. The molecule has 0 saturated carbocycles. The molecule has 1 aliphatic heterocycles. The Morgan fingerprint density at radius 1 is 1.17 bits per heavy atom. The average molecular weight is 408 g/mol. The van der Waals surface area contributed by atoms with Crippen molar-refractivity contribution in [2.24, 2.45) is 0 Å². The highest BCUT2D eigenvalue weighted by Gasteiger charge is 2.21. The van der Waals surface area contributed by atoms with Crippen molar-refractivity contribution in [3.05, 3.63) is 54.4 Å². The van der Waals surface area contributed by atoms with Crippen molar-refractivity contribution in [2.45, 2.75) is 0 Å². The number of hydrogen-bond donors (Lipinski definition) is 1. The molecule has 2 aromatic heterocycles. The predicted octanol–water partition coefficient (Wildman–Crippen LogP) is 3.51. The van der Waals surface area contributed by atoms with E-state index in [2.05, 4.69) is 15.4 Å². The molecule has 1 N–H and O–H groups in total. The minimum Gasteiger partial charge on any atom is -0.493 e. The van der Waals surface area contributed by atoms with Crippen LogP contribution in [0.3, 0.4) is 0 Å². The molecule has 1 amide bonds. The molecule has 0 saturated heterocycles. The van der Waals surface area contributed by atoms with Gasteiger partial charge in [-0.25, -0.2) is 9.67 Å². The van der Waals surface area contributed by atoms with Gasteiger partial charge in [-0.3, -0.25) is 10.1 Å². The molecule has 0 aliphatic carbocycles. The first kappa shape index (κ1) is 17.5. The Balaban J connectivity index is 1.43. The lowest BCUT2D eigenvalue weighted by Gasteiger charge is -2.17. The zero-order valence-electron chi connectivity index (χ0n) is 15.4. The number of para-hydroxylation sites is 1. The number of rotatable bonds is 4. The van der Waals surface area contributed by atoms with Crippen molar-refractivity contribution in [2.75, 3.05) is 25.6 Å². The molecular weight excluding hydrogens is 392 g/mol. The van der Waals surface area contributed by atoms with E-state index in [1.807, 2.05) is 42.5 Å². The number of carbonyl (C=O) groups excluding carboxylic acids is 1. The van der Waals surface area contributed by atoms with E-state index in [4.69, 9.17) is 14.2 Å². The van der Waals surface area contributed by atoms with E-state index in [0.717, 1.165) is 15.9 Å². The maximum atomic E-state index is 12.8. The molecule has 0 spiro atoms. The van der Waals surface area contributed by atoms with E-state index in [9.17, 15) is 4.79 Å². The third kappa shape index (κ3) is 3.25. The molecule has 2 aromatic carbocycles. The van der Waals surface area contributed by atoms with Gasteiger partial charge >= 0.3 is 0 Å². The van der Waals surface area contributed by atoms with Crippen molar-refractivity contribution in [1.29, 1.82) is 0 Å². The average Bonchev–Trinajstić information content (AvgIpc) is 3.36. The van der Waals surface area contributed by atoms with Crippen LogP contribution in [-0.2, 0) is 0 Å². The van der Waals surface area contributed by atoms with Gasteiger partial charge in [0.15, 0.2) is 28.1 Å². The Morgan fingerprint density at radius 2 is 1.93 bits per heavy atom. The van der Waals surface area contributed by atoms with Gasteiger partial charge in [-0.1, -0.05) is 29.5 Å². The van der Waals surface area contributed by atoms with Gasteiger partial charge in [0, 0.05) is 12.1 Å². The third-order valence-corrected chi connectivity index (χ3v) is 5.34. The smallest absolute Gasteiger partial charge is 0.281 e. The monoisotopic (exact) mass is 408 g/mol. The molecule has 0 unspecified atom stereocenters. The Labute approximate surface area is 169 Å². The summed E-state index contributed by atoms with van der Waals surface area (Å²) in [5.41, 5.74) is 1.74. The number of ether oxygens (including phenoxy) is 3. The first-order valence-electron chi connectivity index (χ1n) is 8.92. The lowest BCUT2D eigenvalue weighted by molar-refractivity contribution is 0.101. The Bertz CT molecular complexity index is 1160. The Kier molecular flexibility index (Phi) is 4.28. The molecule has 4 aromatic rings. The summed E-state index contributed by atoms with van der Waals surface area (Å²) in [4.78, 5) is 17.3. The number of benzene rings is 2. The Hall–Kier alpha value is -3.59. The molecule has 9 heteroatoms. The van der Waals surface area contributed by atoms with Crippen LogP contribution >= 0.6 is 11.3 Å². The summed E-state index contributed by atoms with van der Waals surface area (Å²) >= 11 is 1.36. The summed E-state index contributed by atoms with van der Waals surface area (Å²) in [5, 5.41) is 7.65. The fourth-order valence-corrected chi connectivity index (χ4v) is 3.92. The quantitative estimate of drug-likeness (QED) is 0.556. The number of nitrogens with one attached hydrogen (secondary N) is 1. The maximum absolute atomic E-state index is 12.8. The van der Waals surface area contributed by atoms with Gasteiger partial charge < -0.3 is 14.2 Å². The Morgan fingerprint density at radius 3 is 2.69 bits per heavy atom. The number of amides is 1. The van der Waals surface area contributed by atoms with E-state index < -0.39 is 5.91 Å². The number of hydrogen-bond acceptors (Lipinski definition) is 7. The van der Waals surface area contributed by atoms with Crippen molar-refractivity contribution in [3.63, 3.8) is 0 Å². The first-order chi connectivity index (χ1) is 14.2. The second-order valence-corrected chi connectivity index (χ2v) is 7.29. The molecule has 146 valence electrons. The van der Waals surface area contributed by atoms with Crippen LogP contribution in [0, 0.1) is 0 Å². The zero-order valence-corrected chi connectivity index (χ0v) is 16.2. The molecule has 0 bridgehead atoms. The van der Waals surface area contributed by atoms with Crippen LogP contribution in [0.25, 0.3) is 15.9 Å². The number of nitrogens with zero attached hydrogens (tertiary/aromatic N) is 3. The van der Waals surface area contributed by atoms with Crippen LogP contribution in [0.1, 0.15) is 10.5 Å². The molecular formula is C20H16N4O4S. The lowest BCUT2D eigenvalue weighted by atomic mass is 10.3. The first-order valence-corrected chi connectivity index (χ1v) is 9.73. The van der Waals surface area contributed by atoms with Gasteiger partial charge in [-0.15, -0.1) is 0 Å². The van der Waals surface area contributed by atoms with E-state index in [-0.39, 0.29) is 5.69 Å². The molecule has 0 fully saturated rings. The summed E-state index contributed by atoms with van der Waals surface area (Å²) in [7, 11) is 1.51. The SMILES string of the molecule is COc1cn(-c2ccccc2)nc1C(=O)Nc1nc2cc3c(cc2s1)OCCO3. The van der Waals surface area contributed by atoms with Crippen molar-refractivity contribution in [1.82, 2.24) is 14.8 Å². The minimum absolute atomic E-state index is 0.182. The highest BCUT2D eigenvalue weighted by molar-refractivity contribution is 7.22. The zero-order chi connectivity index (χ0) is 19.8. The van der Waals surface area contributed by atoms with Gasteiger partial charge in [-0.2, -0.15) is 5.10 Å². The minimum atomic E-state index is -0.396. The standard InChI is InChI=1S/C20H16N4O4S/c1-26-16-11-24(12-5-3-2-4-6-12)23-18(16)19(25)22-20-21-13-9-14-15(10-17(13)29-20)28-8-7-27-14/h2-6,9-11H,7-8H2,1H3,(H,21,22,25). The highest BCUT2D eigenvalue weighted by Crippen LogP contribution is 2.38. The van der Waals surface area contributed by atoms with Crippen LogP contribution < -0.4 is 19.5 Å². The summed E-state index contributed by atoms with van der Waals surface area (Å²) in [5.74, 6) is 1.33. The van der Waals surface area contributed by atoms with Crippen LogP contribution in [0.15, 0.2) is 48.7 Å². The van der Waals surface area contributed by atoms with Gasteiger partial charge in [0.2, 0.25) is 0 Å². The second kappa shape index (κ2) is 7.10. The summed E-state index contributed by atoms with van der Waals surface area (Å²) < 4.78 is 19.0. The van der Waals surface area contributed by atoms with Crippen molar-refractivity contribution < 1.29 is 19.0 Å². The van der Waals surface area contributed by atoms with Gasteiger partial charge in [0.25, 0.3) is 5.91 Å².